The summed E-state index contributed by atoms with van der Waals surface area (Å²) in [4.78, 5) is 1.05. The maximum atomic E-state index is 8.36. The van der Waals surface area contributed by atoms with Crippen LogP contribution in [0.2, 0.25) is 0 Å². The molecule has 0 aliphatic rings. The zero-order valence-corrected chi connectivity index (χ0v) is 8.65. The summed E-state index contributed by atoms with van der Waals surface area (Å²) in [6, 6.07) is 7.63. The summed E-state index contributed by atoms with van der Waals surface area (Å²) in [6.07, 6.45) is 0. The number of hydrogen-bond donors (Lipinski definition) is 1. The summed E-state index contributed by atoms with van der Waals surface area (Å²) in [5.41, 5.74) is 6.28. The number of anilines is 1. The summed E-state index contributed by atoms with van der Waals surface area (Å²) in [6.45, 7) is 0. The van der Waals surface area contributed by atoms with Gasteiger partial charge < -0.3 is 5.73 Å². The van der Waals surface area contributed by atoms with Crippen molar-refractivity contribution in [2.45, 2.75) is 4.90 Å². The van der Waals surface area contributed by atoms with Gasteiger partial charge in [-0.05, 0) is 34.1 Å². The first-order valence-electron chi connectivity index (χ1n) is 3.29. The molecule has 0 saturated heterocycles. The quantitative estimate of drug-likeness (QED) is 0.641. The van der Waals surface area contributed by atoms with Gasteiger partial charge in [0.1, 0.15) is 0 Å². The van der Waals surface area contributed by atoms with E-state index in [1.165, 1.54) is 11.8 Å². The van der Waals surface area contributed by atoms with Crippen LogP contribution >= 0.6 is 27.7 Å². The van der Waals surface area contributed by atoms with Crippen LogP contribution in [0.3, 0.4) is 0 Å². The molecule has 0 saturated carbocycles. The second kappa shape index (κ2) is 4.39. The van der Waals surface area contributed by atoms with Crippen LogP contribution in [0, 0.1) is 11.3 Å². The lowest BCUT2D eigenvalue weighted by atomic mass is 10.3. The van der Waals surface area contributed by atoms with E-state index in [0.717, 1.165) is 15.1 Å². The minimum absolute atomic E-state index is 0.461. The van der Waals surface area contributed by atoms with Crippen LogP contribution in [-0.4, -0.2) is 5.75 Å². The van der Waals surface area contributed by atoms with Crippen molar-refractivity contribution in [3.63, 3.8) is 0 Å². The fraction of sp³-hybridized carbons (Fsp3) is 0.125. The van der Waals surface area contributed by atoms with Crippen LogP contribution in [0.15, 0.2) is 27.6 Å². The van der Waals surface area contributed by atoms with E-state index < -0.39 is 0 Å². The number of nitrogen functional groups attached to an aromatic ring is 1. The van der Waals surface area contributed by atoms with Gasteiger partial charge in [-0.3, -0.25) is 0 Å². The van der Waals surface area contributed by atoms with Crippen LogP contribution in [0.5, 0.6) is 0 Å². The van der Waals surface area contributed by atoms with Crippen molar-refractivity contribution in [3.05, 3.63) is 22.7 Å². The number of nitrogens with two attached hydrogens (primary N) is 1. The molecule has 0 aliphatic carbocycles. The average Bonchev–Trinajstić information content (AvgIpc) is 2.03. The van der Waals surface area contributed by atoms with Gasteiger partial charge in [0.15, 0.2) is 0 Å². The van der Waals surface area contributed by atoms with Gasteiger partial charge in [-0.2, -0.15) is 5.26 Å². The molecule has 2 N–H and O–H groups in total. The lowest BCUT2D eigenvalue weighted by Crippen LogP contribution is -1.84. The van der Waals surface area contributed by atoms with Gasteiger partial charge in [0, 0.05) is 15.1 Å². The molecule has 2 nitrogen and oxygen atoms in total. The zero-order valence-electron chi connectivity index (χ0n) is 6.25. The summed E-state index contributed by atoms with van der Waals surface area (Å²) in [5.74, 6) is 0.461. The minimum Gasteiger partial charge on any atom is -0.399 e. The van der Waals surface area contributed by atoms with Gasteiger partial charge in [-0.15, -0.1) is 11.8 Å². The smallest absolute Gasteiger partial charge is 0.0855 e. The molecule has 0 fully saturated rings. The van der Waals surface area contributed by atoms with Gasteiger partial charge in [0.2, 0.25) is 0 Å². The van der Waals surface area contributed by atoms with Gasteiger partial charge in [0.25, 0.3) is 0 Å². The van der Waals surface area contributed by atoms with E-state index in [2.05, 4.69) is 22.0 Å². The first-order chi connectivity index (χ1) is 5.74. The molecule has 0 spiro atoms. The van der Waals surface area contributed by atoms with Crippen LogP contribution in [0.1, 0.15) is 0 Å². The molecule has 0 atom stereocenters. The Labute approximate surface area is 83.9 Å². The molecule has 0 bridgehead atoms. The Bertz CT molecular complexity index is 319. The molecule has 0 aromatic heterocycles. The van der Waals surface area contributed by atoms with Gasteiger partial charge in [0.05, 0.1) is 11.8 Å². The highest BCUT2D eigenvalue weighted by Gasteiger charge is 1.99. The summed E-state index contributed by atoms with van der Waals surface area (Å²) in [5, 5.41) is 8.36. The van der Waals surface area contributed by atoms with E-state index in [0.29, 0.717) is 5.75 Å². The van der Waals surface area contributed by atoms with E-state index in [1.807, 2.05) is 18.2 Å². The number of halogens is 1. The number of nitrogens with zero attached hydrogens (tertiary/aromatic N) is 1. The summed E-state index contributed by atoms with van der Waals surface area (Å²) < 4.78 is 0.947. The Hall–Kier alpha value is -0.660. The van der Waals surface area contributed by atoms with Gasteiger partial charge in [-0.1, -0.05) is 0 Å². The molecule has 12 heavy (non-hydrogen) atoms. The fourth-order valence-corrected chi connectivity index (χ4v) is 2.07. The lowest BCUT2D eigenvalue weighted by Gasteiger charge is -2.01. The monoisotopic (exact) mass is 242 g/mol. The standard InChI is InChI=1S/C8H7BrN2S/c9-7-5-6(11)1-2-8(7)12-4-3-10/h1-2,5H,4,11H2. The highest BCUT2D eigenvalue weighted by atomic mass is 79.9. The van der Waals surface area contributed by atoms with Crippen molar-refractivity contribution >= 4 is 33.4 Å². The highest BCUT2D eigenvalue weighted by Crippen LogP contribution is 2.28. The zero-order chi connectivity index (χ0) is 8.97. The number of nitriles is 1. The maximum Gasteiger partial charge on any atom is 0.0855 e. The number of benzene rings is 1. The molecular formula is C8H7BrN2S. The maximum absolute atomic E-state index is 8.36. The van der Waals surface area contributed by atoms with Gasteiger partial charge in [-0.25, -0.2) is 0 Å². The Morgan fingerprint density at radius 2 is 2.33 bits per heavy atom. The normalized spacial score (nSPS) is 9.33. The Kier molecular flexibility index (Phi) is 3.45. The first-order valence-corrected chi connectivity index (χ1v) is 5.06. The second-order valence-corrected chi connectivity index (χ2v) is 4.01. The minimum atomic E-state index is 0.461. The fourth-order valence-electron chi connectivity index (χ4n) is 0.744. The molecule has 4 heteroatoms. The molecule has 1 aromatic rings. The highest BCUT2D eigenvalue weighted by molar-refractivity contribution is 9.10. The Morgan fingerprint density at radius 1 is 1.58 bits per heavy atom. The Balaban J connectivity index is 2.81. The molecule has 0 unspecified atom stereocenters. The molecule has 1 rings (SSSR count). The third-order valence-electron chi connectivity index (χ3n) is 1.25. The van der Waals surface area contributed by atoms with Crippen molar-refractivity contribution in [1.82, 2.24) is 0 Å². The molecule has 62 valence electrons. The summed E-state index contributed by atoms with van der Waals surface area (Å²) in [7, 11) is 0. The third kappa shape index (κ3) is 2.43. The Morgan fingerprint density at radius 3 is 2.92 bits per heavy atom. The second-order valence-electron chi connectivity index (χ2n) is 2.14. The van der Waals surface area contributed by atoms with Crippen molar-refractivity contribution in [3.8, 4) is 6.07 Å². The first kappa shape index (κ1) is 9.43. The van der Waals surface area contributed by atoms with E-state index in [9.17, 15) is 0 Å². The lowest BCUT2D eigenvalue weighted by molar-refractivity contribution is 1.40. The van der Waals surface area contributed by atoms with Crippen LogP contribution in [0.4, 0.5) is 5.69 Å². The molecule has 0 radical (unpaired) electrons. The molecular weight excluding hydrogens is 236 g/mol. The van der Waals surface area contributed by atoms with Crippen LogP contribution in [-0.2, 0) is 0 Å². The SMILES string of the molecule is N#CCSc1ccc(N)cc1Br. The largest absolute Gasteiger partial charge is 0.399 e. The van der Waals surface area contributed by atoms with E-state index >= 15 is 0 Å². The number of hydrogen-bond acceptors (Lipinski definition) is 3. The van der Waals surface area contributed by atoms with Crippen molar-refractivity contribution < 1.29 is 0 Å². The van der Waals surface area contributed by atoms with E-state index in [-0.39, 0.29) is 0 Å². The third-order valence-corrected chi connectivity index (χ3v) is 3.11. The van der Waals surface area contributed by atoms with Crippen LogP contribution in [0.25, 0.3) is 0 Å². The number of rotatable bonds is 2. The predicted molar refractivity (Wildman–Crippen MR) is 54.9 cm³/mol. The average molecular weight is 243 g/mol. The topological polar surface area (TPSA) is 49.8 Å². The van der Waals surface area contributed by atoms with Crippen molar-refractivity contribution in [2.24, 2.45) is 0 Å². The molecule has 1 aromatic carbocycles. The van der Waals surface area contributed by atoms with E-state index in [1.54, 1.807) is 0 Å². The van der Waals surface area contributed by atoms with Crippen LogP contribution < -0.4 is 5.73 Å². The molecule has 0 aliphatic heterocycles. The van der Waals surface area contributed by atoms with Crippen molar-refractivity contribution in [1.29, 1.82) is 5.26 Å². The van der Waals surface area contributed by atoms with E-state index in [4.69, 9.17) is 11.0 Å². The molecule has 0 amide bonds. The summed E-state index contributed by atoms with van der Waals surface area (Å²) >= 11 is 4.86. The predicted octanol–water partition coefficient (Wildman–Crippen LogP) is 2.65. The van der Waals surface area contributed by atoms with Crippen molar-refractivity contribution in [2.75, 3.05) is 11.5 Å². The molecule has 0 heterocycles. The van der Waals surface area contributed by atoms with Gasteiger partial charge >= 0.3 is 0 Å². The number of thioether (sulfide) groups is 1.